The number of anilines is 1. The molecule has 1 aromatic carbocycles. The van der Waals surface area contributed by atoms with Crippen LogP contribution in [-0.2, 0) is 4.79 Å². The molecular formula is C12H16Cl2N2O. The molecule has 5 heteroatoms. The van der Waals surface area contributed by atoms with Gasteiger partial charge in [0.25, 0.3) is 0 Å². The maximum atomic E-state index is 11.5. The first-order chi connectivity index (χ1) is 7.99. The van der Waals surface area contributed by atoms with Crippen LogP contribution in [0.3, 0.4) is 0 Å². The lowest BCUT2D eigenvalue weighted by Crippen LogP contribution is -2.32. The number of carbonyl (C=O) groups excluding carboxylic acids is 1. The predicted molar refractivity (Wildman–Crippen MR) is 72.8 cm³/mol. The van der Waals surface area contributed by atoms with Crippen molar-refractivity contribution in [3.05, 3.63) is 28.2 Å². The van der Waals surface area contributed by atoms with Crippen LogP contribution in [0.1, 0.15) is 13.8 Å². The van der Waals surface area contributed by atoms with Crippen LogP contribution in [0.15, 0.2) is 18.2 Å². The first kappa shape index (κ1) is 14.1. The van der Waals surface area contributed by atoms with E-state index in [0.717, 1.165) is 0 Å². The van der Waals surface area contributed by atoms with E-state index in [1.807, 2.05) is 13.8 Å². The number of rotatable bonds is 5. The van der Waals surface area contributed by atoms with Gasteiger partial charge in [-0.25, -0.2) is 0 Å². The van der Waals surface area contributed by atoms with E-state index in [1.54, 1.807) is 18.2 Å². The van der Waals surface area contributed by atoms with Crippen LogP contribution < -0.4 is 10.6 Å². The molecule has 0 radical (unpaired) electrons. The molecule has 0 heterocycles. The van der Waals surface area contributed by atoms with Crippen molar-refractivity contribution in [2.75, 3.05) is 18.4 Å². The van der Waals surface area contributed by atoms with Crippen molar-refractivity contribution in [3.8, 4) is 0 Å². The number of hydrogen-bond donors (Lipinski definition) is 2. The molecule has 0 aromatic heterocycles. The van der Waals surface area contributed by atoms with Gasteiger partial charge in [-0.05, 0) is 24.1 Å². The van der Waals surface area contributed by atoms with Crippen molar-refractivity contribution in [2.45, 2.75) is 13.8 Å². The summed E-state index contributed by atoms with van der Waals surface area (Å²) in [5.41, 5.74) is 0.666. The highest BCUT2D eigenvalue weighted by molar-refractivity contribution is 6.35. The molecule has 0 unspecified atom stereocenters. The Labute approximate surface area is 111 Å². The Balaban J connectivity index is 2.44. The van der Waals surface area contributed by atoms with Crippen LogP contribution in [0, 0.1) is 5.92 Å². The summed E-state index contributed by atoms with van der Waals surface area (Å²) in [6, 6.07) is 5.09. The molecule has 1 amide bonds. The van der Waals surface area contributed by atoms with Gasteiger partial charge in [0.1, 0.15) is 0 Å². The zero-order valence-electron chi connectivity index (χ0n) is 9.89. The summed E-state index contributed by atoms with van der Waals surface area (Å²) >= 11 is 11.8. The third-order valence-corrected chi connectivity index (χ3v) is 2.64. The molecule has 0 atom stereocenters. The van der Waals surface area contributed by atoms with Gasteiger partial charge >= 0.3 is 0 Å². The number of hydrogen-bond acceptors (Lipinski definition) is 2. The highest BCUT2D eigenvalue weighted by atomic mass is 35.5. The van der Waals surface area contributed by atoms with E-state index in [2.05, 4.69) is 10.6 Å². The normalized spacial score (nSPS) is 10.4. The van der Waals surface area contributed by atoms with Gasteiger partial charge in [0.05, 0.1) is 17.3 Å². The molecule has 0 aliphatic rings. The Morgan fingerprint density at radius 3 is 2.71 bits per heavy atom. The molecule has 94 valence electrons. The molecule has 0 fully saturated rings. The van der Waals surface area contributed by atoms with Gasteiger partial charge in [0.2, 0.25) is 5.91 Å². The summed E-state index contributed by atoms with van der Waals surface area (Å²) < 4.78 is 0. The zero-order chi connectivity index (χ0) is 12.8. The highest BCUT2D eigenvalue weighted by Crippen LogP contribution is 2.24. The molecule has 0 aliphatic heterocycles. The Kier molecular flexibility index (Phi) is 5.59. The number of halogens is 2. The molecule has 2 N–H and O–H groups in total. The lowest BCUT2D eigenvalue weighted by atomic mass is 10.2. The fourth-order valence-corrected chi connectivity index (χ4v) is 1.55. The standard InChI is InChI=1S/C12H16Cl2N2O/c1-8(2)6-16-12(17)7-15-11-5-9(13)3-4-10(11)14/h3-5,8,15H,6-7H2,1-2H3,(H,16,17). The first-order valence-electron chi connectivity index (χ1n) is 5.44. The van der Waals surface area contributed by atoms with Crippen LogP contribution in [0.25, 0.3) is 0 Å². The SMILES string of the molecule is CC(C)CNC(=O)CNc1cc(Cl)ccc1Cl. The fourth-order valence-electron chi connectivity index (χ4n) is 1.19. The number of benzene rings is 1. The monoisotopic (exact) mass is 274 g/mol. The van der Waals surface area contributed by atoms with Crippen LogP contribution >= 0.6 is 23.2 Å². The zero-order valence-corrected chi connectivity index (χ0v) is 11.4. The summed E-state index contributed by atoms with van der Waals surface area (Å²) in [6.45, 7) is 4.94. The van der Waals surface area contributed by atoms with Crippen molar-refractivity contribution in [3.63, 3.8) is 0 Å². The number of amides is 1. The largest absolute Gasteiger partial charge is 0.375 e. The fraction of sp³-hybridized carbons (Fsp3) is 0.417. The van der Waals surface area contributed by atoms with E-state index in [0.29, 0.717) is 28.2 Å². The number of nitrogens with one attached hydrogen (secondary N) is 2. The van der Waals surface area contributed by atoms with Gasteiger partial charge in [-0.1, -0.05) is 37.0 Å². The Morgan fingerprint density at radius 2 is 2.06 bits per heavy atom. The van der Waals surface area contributed by atoms with Crippen molar-refractivity contribution in [2.24, 2.45) is 5.92 Å². The molecule has 0 aliphatic carbocycles. The molecule has 17 heavy (non-hydrogen) atoms. The van der Waals surface area contributed by atoms with Gasteiger partial charge in [-0.3, -0.25) is 4.79 Å². The molecule has 0 bridgehead atoms. The van der Waals surface area contributed by atoms with Gasteiger partial charge in [-0.15, -0.1) is 0 Å². The number of carbonyl (C=O) groups is 1. The second-order valence-corrected chi connectivity index (χ2v) is 5.02. The second-order valence-electron chi connectivity index (χ2n) is 4.18. The van der Waals surface area contributed by atoms with Crippen molar-refractivity contribution in [1.29, 1.82) is 0 Å². The van der Waals surface area contributed by atoms with Crippen molar-refractivity contribution < 1.29 is 4.79 Å². The topological polar surface area (TPSA) is 41.1 Å². The third kappa shape index (κ3) is 5.29. The smallest absolute Gasteiger partial charge is 0.239 e. The van der Waals surface area contributed by atoms with Crippen LogP contribution in [0.4, 0.5) is 5.69 Å². The molecule has 0 saturated heterocycles. The van der Waals surface area contributed by atoms with Gasteiger partial charge in [0, 0.05) is 11.6 Å². The Morgan fingerprint density at radius 1 is 1.35 bits per heavy atom. The maximum absolute atomic E-state index is 11.5. The van der Waals surface area contributed by atoms with E-state index in [-0.39, 0.29) is 12.5 Å². The summed E-state index contributed by atoms with van der Waals surface area (Å²) in [5, 5.41) is 6.89. The molecule has 3 nitrogen and oxygen atoms in total. The quantitative estimate of drug-likeness (QED) is 0.866. The lowest BCUT2D eigenvalue weighted by molar-refractivity contribution is -0.119. The van der Waals surface area contributed by atoms with Gasteiger partial charge < -0.3 is 10.6 Å². The lowest BCUT2D eigenvalue weighted by Gasteiger charge is -2.10. The van der Waals surface area contributed by atoms with Crippen molar-refractivity contribution >= 4 is 34.8 Å². The Hall–Kier alpha value is -0.930. The van der Waals surface area contributed by atoms with E-state index in [4.69, 9.17) is 23.2 Å². The maximum Gasteiger partial charge on any atom is 0.239 e. The summed E-state index contributed by atoms with van der Waals surface area (Å²) in [6.07, 6.45) is 0. The summed E-state index contributed by atoms with van der Waals surface area (Å²) in [7, 11) is 0. The van der Waals surface area contributed by atoms with E-state index in [9.17, 15) is 4.79 Å². The van der Waals surface area contributed by atoms with Gasteiger partial charge in [-0.2, -0.15) is 0 Å². The summed E-state index contributed by atoms with van der Waals surface area (Å²) in [4.78, 5) is 11.5. The minimum Gasteiger partial charge on any atom is -0.375 e. The molecule has 1 aromatic rings. The Bertz CT molecular complexity index is 394. The predicted octanol–water partition coefficient (Wildman–Crippen LogP) is 3.18. The minimum atomic E-state index is -0.0604. The third-order valence-electron chi connectivity index (χ3n) is 2.08. The first-order valence-corrected chi connectivity index (χ1v) is 6.20. The van der Waals surface area contributed by atoms with Crippen LogP contribution in [-0.4, -0.2) is 19.0 Å². The minimum absolute atomic E-state index is 0.0604. The average molecular weight is 275 g/mol. The highest BCUT2D eigenvalue weighted by Gasteiger charge is 2.05. The van der Waals surface area contributed by atoms with Crippen LogP contribution in [0.5, 0.6) is 0 Å². The molecule has 1 rings (SSSR count). The molecule has 0 spiro atoms. The van der Waals surface area contributed by atoms with Gasteiger partial charge in [0.15, 0.2) is 0 Å². The van der Waals surface area contributed by atoms with E-state index < -0.39 is 0 Å². The van der Waals surface area contributed by atoms with E-state index >= 15 is 0 Å². The molecule has 0 saturated carbocycles. The van der Waals surface area contributed by atoms with E-state index in [1.165, 1.54) is 0 Å². The summed E-state index contributed by atoms with van der Waals surface area (Å²) in [5.74, 6) is 0.378. The average Bonchev–Trinajstić information content (AvgIpc) is 2.27. The molecular weight excluding hydrogens is 259 g/mol. The van der Waals surface area contributed by atoms with Crippen LogP contribution in [0.2, 0.25) is 10.0 Å². The second kappa shape index (κ2) is 6.72. The van der Waals surface area contributed by atoms with Crippen molar-refractivity contribution in [1.82, 2.24) is 5.32 Å².